The van der Waals surface area contributed by atoms with Gasteiger partial charge in [-0.3, -0.25) is 0 Å². The summed E-state index contributed by atoms with van der Waals surface area (Å²) in [7, 11) is -4.05. The van der Waals surface area contributed by atoms with Crippen LogP contribution in [-0.4, -0.2) is 36.5 Å². The van der Waals surface area contributed by atoms with Gasteiger partial charge in [0.2, 0.25) is 10.0 Å². The maximum atomic E-state index is 13.9. The highest BCUT2D eigenvalue weighted by Gasteiger charge is 2.49. The van der Waals surface area contributed by atoms with E-state index in [0.29, 0.717) is 0 Å². The Hall–Kier alpha value is -0.890. The fourth-order valence-electron chi connectivity index (χ4n) is 2.01. The highest BCUT2D eigenvalue weighted by Crippen LogP contribution is 2.35. The first-order chi connectivity index (χ1) is 9.08. The van der Waals surface area contributed by atoms with Gasteiger partial charge in [0, 0.05) is 18.8 Å². The topological polar surface area (TPSA) is 83.6 Å². The number of hydrogen-bond acceptors (Lipinski definition) is 4. The lowest BCUT2D eigenvalue weighted by atomic mass is 9.85. The molecule has 2 rings (SSSR count). The van der Waals surface area contributed by atoms with E-state index in [1.165, 1.54) is 0 Å². The summed E-state index contributed by atoms with van der Waals surface area (Å²) in [5.41, 5.74) is 4.49. The van der Waals surface area contributed by atoms with Crippen molar-refractivity contribution in [1.82, 2.24) is 4.31 Å². The van der Waals surface area contributed by atoms with Gasteiger partial charge in [-0.2, -0.15) is 4.31 Å². The van der Waals surface area contributed by atoms with Crippen LogP contribution in [0.3, 0.4) is 0 Å². The van der Waals surface area contributed by atoms with Gasteiger partial charge in [-0.15, -0.1) is 0 Å². The second kappa shape index (κ2) is 4.84. The second-order valence-electron chi connectivity index (χ2n) is 5.35. The molecule has 0 saturated carbocycles. The largest absolute Gasteiger partial charge is 0.399 e. The van der Waals surface area contributed by atoms with Crippen LogP contribution in [0.5, 0.6) is 0 Å². The standard InChI is InChI=1S/C12H16ClFN2O3S/c1-7(2)12(17)5-16(6-12)20(18,19)10-4-8(15)3-9(13)11(10)14/h3-4,7,17H,5-6,15H2,1-2H3. The lowest BCUT2D eigenvalue weighted by Crippen LogP contribution is -2.65. The lowest BCUT2D eigenvalue weighted by Gasteiger charge is -2.47. The molecule has 1 aliphatic heterocycles. The van der Waals surface area contributed by atoms with Crippen LogP contribution in [0.25, 0.3) is 0 Å². The average Bonchev–Trinajstić information content (AvgIpc) is 2.29. The minimum atomic E-state index is -4.05. The molecule has 1 aromatic carbocycles. The Morgan fingerprint density at radius 2 is 2.00 bits per heavy atom. The number of hydrogen-bond donors (Lipinski definition) is 2. The molecule has 0 unspecified atom stereocenters. The molecule has 0 atom stereocenters. The zero-order chi connectivity index (χ0) is 15.3. The predicted molar refractivity (Wildman–Crippen MR) is 74.4 cm³/mol. The Bertz CT molecular complexity index is 642. The number of sulfonamides is 1. The Morgan fingerprint density at radius 3 is 2.50 bits per heavy atom. The van der Waals surface area contributed by atoms with E-state index in [1.54, 1.807) is 13.8 Å². The molecule has 20 heavy (non-hydrogen) atoms. The van der Waals surface area contributed by atoms with Crippen LogP contribution in [0, 0.1) is 11.7 Å². The van der Waals surface area contributed by atoms with Crippen molar-refractivity contribution in [2.45, 2.75) is 24.3 Å². The van der Waals surface area contributed by atoms with Crippen molar-refractivity contribution < 1.29 is 17.9 Å². The van der Waals surface area contributed by atoms with E-state index >= 15 is 0 Å². The molecule has 0 amide bonds. The first-order valence-corrected chi connectivity index (χ1v) is 7.87. The highest BCUT2D eigenvalue weighted by molar-refractivity contribution is 7.89. The molecular weight excluding hydrogens is 307 g/mol. The Kier molecular flexibility index (Phi) is 3.75. The Morgan fingerprint density at radius 1 is 1.45 bits per heavy atom. The normalized spacial score (nSPS) is 19.1. The number of nitrogens with zero attached hydrogens (tertiary/aromatic N) is 1. The van der Waals surface area contributed by atoms with Crippen molar-refractivity contribution in [3.05, 3.63) is 23.0 Å². The third kappa shape index (κ3) is 2.39. The monoisotopic (exact) mass is 322 g/mol. The summed E-state index contributed by atoms with van der Waals surface area (Å²) in [6.07, 6.45) is 0. The van der Waals surface area contributed by atoms with E-state index in [-0.39, 0.29) is 29.7 Å². The third-order valence-electron chi connectivity index (χ3n) is 3.61. The Labute approximate surface area is 122 Å². The maximum absolute atomic E-state index is 13.9. The van der Waals surface area contributed by atoms with Gasteiger partial charge in [0.25, 0.3) is 0 Å². The van der Waals surface area contributed by atoms with Gasteiger partial charge in [0.05, 0.1) is 10.6 Å². The molecule has 0 radical (unpaired) electrons. The van der Waals surface area contributed by atoms with E-state index in [1.807, 2.05) is 0 Å². The van der Waals surface area contributed by atoms with Crippen molar-refractivity contribution in [3.8, 4) is 0 Å². The quantitative estimate of drug-likeness (QED) is 0.825. The first-order valence-electron chi connectivity index (χ1n) is 6.05. The van der Waals surface area contributed by atoms with Crippen molar-refractivity contribution in [3.63, 3.8) is 0 Å². The third-order valence-corrected chi connectivity index (χ3v) is 5.68. The zero-order valence-electron chi connectivity index (χ0n) is 11.1. The number of anilines is 1. The molecule has 5 nitrogen and oxygen atoms in total. The fourth-order valence-corrected chi connectivity index (χ4v) is 3.98. The summed E-state index contributed by atoms with van der Waals surface area (Å²) in [6.45, 7) is 3.45. The maximum Gasteiger partial charge on any atom is 0.246 e. The number of aliphatic hydroxyl groups is 1. The first kappa shape index (κ1) is 15.5. The summed E-state index contributed by atoms with van der Waals surface area (Å²) in [4.78, 5) is -0.562. The van der Waals surface area contributed by atoms with Gasteiger partial charge in [-0.05, 0) is 18.1 Å². The molecule has 8 heteroatoms. The van der Waals surface area contributed by atoms with Gasteiger partial charge in [0.1, 0.15) is 4.90 Å². The van der Waals surface area contributed by atoms with Gasteiger partial charge < -0.3 is 10.8 Å². The summed E-state index contributed by atoms with van der Waals surface area (Å²) in [6, 6.07) is 2.18. The van der Waals surface area contributed by atoms with Crippen LogP contribution in [0.15, 0.2) is 17.0 Å². The number of β-amino-alcohol motifs (C(OH)–C–C–N with tert-alkyl or cyclic N) is 1. The van der Waals surface area contributed by atoms with Crippen LogP contribution >= 0.6 is 11.6 Å². The summed E-state index contributed by atoms with van der Waals surface area (Å²) >= 11 is 5.61. The smallest absolute Gasteiger partial charge is 0.246 e. The number of nitrogens with two attached hydrogens (primary N) is 1. The van der Waals surface area contributed by atoms with Crippen molar-refractivity contribution in [2.24, 2.45) is 5.92 Å². The molecule has 0 spiro atoms. The van der Waals surface area contributed by atoms with E-state index < -0.39 is 26.3 Å². The summed E-state index contributed by atoms with van der Waals surface area (Å²) in [5.74, 6) is -1.12. The van der Waals surface area contributed by atoms with Gasteiger partial charge >= 0.3 is 0 Å². The van der Waals surface area contributed by atoms with Crippen LogP contribution in [0.4, 0.5) is 10.1 Å². The molecule has 0 aromatic heterocycles. The molecule has 0 aliphatic carbocycles. The molecule has 0 bridgehead atoms. The minimum absolute atomic E-state index is 0.0645. The van der Waals surface area contributed by atoms with Crippen LogP contribution in [0.2, 0.25) is 5.02 Å². The molecule has 1 heterocycles. The zero-order valence-corrected chi connectivity index (χ0v) is 12.7. The Balaban J connectivity index is 2.35. The van der Waals surface area contributed by atoms with Gasteiger partial charge in [-0.1, -0.05) is 25.4 Å². The molecule has 3 N–H and O–H groups in total. The van der Waals surface area contributed by atoms with Crippen molar-refractivity contribution in [2.75, 3.05) is 18.8 Å². The average molecular weight is 323 g/mol. The van der Waals surface area contributed by atoms with E-state index in [0.717, 1.165) is 16.4 Å². The van der Waals surface area contributed by atoms with E-state index in [9.17, 15) is 17.9 Å². The minimum Gasteiger partial charge on any atom is -0.399 e. The van der Waals surface area contributed by atoms with Gasteiger partial charge in [0.15, 0.2) is 5.82 Å². The molecule has 1 saturated heterocycles. The number of halogens is 2. The SMILES string of the molecule is CC(C)C1(O)CN(S(=O)(=O)c2cc(N)cc(Cl)c2F)C1. The van der Waals surface area contributed by atoms with Crippen LogP contribution in [-0.2, 0) is 10.0 Å². The fraction of sp³-hybridized carbons (Fsp3) is 0.500. The van der Waals surface area contributed by atoms with Gasteiger partial charge in [-0.25, -0.2) is 12.8 Å². The molecule has 1 aliphatic rings. The second-order valence-corrected chi connectivity index (χ2v) is 7.66. The molecule has 1 fully saturated rings. The number of rotatable bonds is 3. The van der Waals surface area contributed by atoms with Crippen LogP contribution in [0.1, 0.15) is 13.8 Å². The summed E-state index contributed by atoms with van der Waals surface area (Å²) in [5, 5.41) is 9.75. The van der Waals surface area contributed by atoms with E-state index in [4.69, 9.17) is 17.3 Å². The number of nitrogen functional groups attached to an aromatic ring is 1. The summed E-state index contributed by atoms with van der Waals surface area (Å²) < 4.78 is 39.5. The molecular formula is C12H16ClFN2O3S. The van der Waals surface area contributed by atoms with Crippen LogP contribution < -0.4 is 5.73 Å². The predicted octanol–water partition coefficient (Wildman–Crippen LogP) is 1.45. The lowest BCUT2D eigenvalue weighted by molar-refractivity contribution is -0.0933. The van der Waals surface area contributed by atoms with E-state index in [2.05, 4.69) is 0 Å². The number of benzene rings is 1. The molecule has 1 aromatic rings. The van der Waals surface area contributed by atoms with Crippen molar-refractivity contribution in [1.29, 1.82) is 0 Å². The highest BCUT2D eigenvalue weighted by atomic mass is 35.5. The van der Waals surface area contributed by atoms with Crippen molar-refractivity contribution >= 4 is 27.3 Å². The molecule has 112 valence electrons.